The minimum Gasteiger partial charge on any atom is -0.409 e. The molecule has 0 aliphatic carbocycles. The van der Waals surface area contributed by atoms with Crippen molar-refractivity contribution in [1.82, 2.24) is 4.98 Å². The summed E-state index contributed by atoms with van der Waals surface area (Å²) in [5.41, 5.74) is 1.04. The standard InChI is InChI=1S/C17H26BrNO3Si/c1-17(2,3)23(4,5)22-14-10-21-15-12(9-20-16(14)15)13-7-6-11(18)8-19-13/h6-8,12,14-16H,9-10H2,1-5H3/t12-,14-,15-,16-/m1/s1. The fourth-order valence-corrected chi connectivity index (χ4v) is 4.53. The van der Waals surface area contributed by atoms with Crippen molar-refractivity contribution in [3.05, 3.63) is 28.5 Å². The number of nitrogens with zero attached hydrogens (tertiary/aromatic N) is 1. The second-order valence-corrected chi connectivity index (χ2v) is 13.7. The van der Waals surface area contributed by atoms with E-state index in [1.807, 2.05) is 18.3 Å². The average molecular weight is 400 g/mol. The minimum absolute atomic E-state index is 0.0274. The van der Waals surface area contributed by atoms with Gasteiger partial charge in [-0.25, -0.2) is 0 Å². The molecule has 2 saturated heterocycles. The van der Waals surface area contributed by atoms with Crippen molar-refractivity contribution in [3.8, 4) is 0 Å². The van der Waals surface area contributed by atoms with Crippen LogP contribution in [0.15, 0.2) is 22.8 Å². The second-order valence-electron chi connectivity index (χ2n) is 8.02. The molecule has 1 aromatic rings. The summed E-state index contributed by atoms with van der Waals surface area (Å²) in [6.07, 6.45) is 1.96. The lowest BCUT2D eigenvalue weighted by atomic mass is 9.97. The number of fused-ring (bicyclic) bond motifs is 1. The molecule has 3 heterocycles. The zero-order chi connectivity index (χ0) is 16.8. The third-order valence-electron chi connectivity index (χ3n) is 5.39. The molecule has 0 unspecified atom stereocenters. The highest BCUT2D eigenvalue weighted by Gasteiger charge is 2.51. The molecule has 2 aliphatic heterocycles. The summed E-state index contributed by atoms with van der Waals surface area (Å²) in [4.78, 5) is 4.52. The van der Waals surface area contributed by atoms with Crippen molar-refractivity contribution in [2.24, 2.45) is 0 Å². The zero-order valence-electron chi connectivity index (χ0n) is 14.5. The third kappa shape index (κ3) is 3.42. The molecule has 0 amide bonds. The van der Waals surface area contributed by atoms with Crippen molar-refractivity contribution in [2.75, 3.05) is 13.2 Å². The first-order valence-corrected chi connectivity index (χ1v) is 11.9. The topological polar surface area (TPSA) is 40.6 Å². The first-order valence-electron chi connectivity index (χ1n) is 8.21. The normalized spacial score (nSPS) is 31.4. The SMILES string of the molecule is CC(C)(C)[Si](C)(C)O[C@@H]1CO[C@H]2[C@@H]1OC[C@@H]2c1ccc(Br)cn1. The predicted molar refractivity (Wildman–Crippen MR) is 96.2 cm³/mol. The Kier molecular flexibility index (Phi) is 4.75. The summed E-state index contributed by atoms with van der Waals surface area (Å²) in [7, 11) is -1.82. The molecule has 128 valence electrons. The summed E-state index contributed by atoms with van der Waals surface area (Å²) in [5.74, 6) is 0.195. The molecule has 0 radical (unpaired) electrons. The van der Waals surface area contributed by atoms with E-state index in [0.717, 1.165) is 10.2 Å². The monoisotopic (exact) mass is 399 g/mol. The molecular formula is C17H26BrNO3Si. The number of aromatic nitrogens is 1. The first-order chi connectivity index (χ1) is 10.7. The van der Waals surface area contributed by atoms with Gasteiger partial charge in [-0.15, -0.1) is 0 Å². The molecule has 0 saturated carbocycles. The molecule has 0 N–H and O–H groups in total. The van der Waals surface area contributed by atoms with Crippen molar-refractivity contribution in [2.45, 2.75) is 63.1 Å². The van der Waals surface area contributed by atoms with Crippen LogP contribution in [-0.4, -0.2) is 44.8 Å². The Morgan fingerprint density at radius 3 is 2.48 bits per heavy atom. The highest BCUT2D eigenvalue weighted by atomic mass is 79.9. The van der Waals surface area contributed by atoms with Crippen LogP contribution in [0.25, 0.3) is 0 Å². The maximum Gasteiger partial charge on any atom is 0.192 e. The van der Waals surface area contributed by atoms with E-state index in [1.165, 1.54) is 0 Å². The van der Waals surface area contributed by atoms with Gasteiger partial charge in [-0.05, 0) is 46.2 Å². The molecule has 0 aromatic carbocycles. The first kappa shape index (κ1) is 17.5. The Labute approximate surface area is 148 Å². The number of hydrogen-bond acceptors (Lipinski definition) is 4. The average Bonchev–Trinajstić information content (AvgIpc) is 3.01. The molecule has 3 rings (SSSR count). The van der Waals surface area contributed by atoms with E-state index in [1.54, 1.807) is 0 Å². The van der Waals surface area contributed by atoms with E-state index in [-0.39, 0.29) is 29.3 Å². The Hall–Kier alpha value is -0.273. The number of halogens is 1. The van der Waals surface area contributed by atoms with Crippen molar-refractivity contribution >= 4 is 24.2 Å². The largest absolute Gasteiger partial charge is 0.409 e. The van der Waals surface area contributed by atoms with Gasteiger partial charge in [0.15, 0.2) is 8.32 Å². The Morgan fingerprint density at radius 1 is 1.17 bits per heavy atom. The highest BCUT2D eigenvalue weighted by Crippen LogP contribution is 2.42. The van der Waals surface area contributed by atoms with Gasteiger partial charge in [0.25, 0.3) is 0 Å². The minimum atomic E-state index is -1.82. The van der Waals surface area contributed by atoms with Crippen LogP contribution in [0.4, 0.5) is 0 Å². The van der Waals surface area contributed by atoms with Crippen molar-refractivity contribution in [3.63, 3.8) is 0 Å². The van der Waals surface area contributed by atoms with Crippen LogP contribution >= 0.6 is 15.9 Å². The van der Waals surface area contributed by atoms with E-state index in [0.29, 0.717) is 13.2 Å². The van der Waals surface area contributed by atoms with Crippen LogP contribution < -0.4 is 0 Å². The van der Waals surface area contributed by atoms with Crippen LogP contribution in [0.2, 0.25) is 18.1 Å². The maximum absolute atomic E-state index is 6.54. The summed E-state index contributed by atoms with van der Waals surface area (Å²) >= 11 is 3.43. The van der Waals surface area contributed by atoms with Crippen LogP contribution in [0, 0.1) is 0 Å². The van der Waals surface area contributed by atoms with Gasteiger partial charge in [-0.2, -0.15) is 0 Å². The lowest BCUT2D eigenvalue weighted by Crippen LogP contribution is -2.47. The Balaban J connectivity index is 1.71. The van der Waals surface area contributed by atoms with Crippen LogP contribution in [-0.2, 0) is 13.9 Å². The van der Waals surface area contributed by atoms with Gasteiger partial charge in [0.1, 0.15) is 6.10 Å². The van der Waals surface area contributed by atoms with Crippen LogP contribution in [0.1, 0.15) is 32.4 Å². The molecule has 4 atom stereocenters. The number of pyridine rings is 1. The molecule has 1 aromatic heterocycles. The molecule has 2 fully saturated rings. The number of hydrogen-bond donors (Lipinski definition) is 0. The van der Waals surface area contributed by atoms with Gasteiger partial charge >= 0.3 is 0 Å². The smallest absolute Gasteiger partial charge is 0.192 e. The molecule has 23 heavy (non-hydrogen) atoms. The maximum atomic E-state index is 6.54. The van der Waals surface area contributed by atoms with E-state index in [2.05, 4.69) is 54.8 Å². The van der Waals surface area contributed by atoms with Crippen molar-refractivity contribution < 1.29 is 13.9 Å². The fourth-order valence-electron chi connectivity index (χ4n) is 2.98. The lowest BCUT2D eigenvalue weighted by Gasteiger charge is -2.39. The van der Waals surface area contributed by atoms with Gasteiger partial charge in [-0.3, -0.25) is 4.98 Å². The van der Waals surface area contributed by atoms with Crippen LogP contribution in [0.5, 0.6) is 0 Å². The van der Waals surface area contributed by atoms with Gasteiger partial charge in [0.05, 0.1) is 31.3 Å². The summed E-state index contributed by atoms with van der Waals surface area (Å²) in [5, 5.41) is 0.191. The molecule has 0 bridgehead atoms. The fraction of sp³-hybridized carbons (Fsp3) is 0.706. The number of rotatable bonds is 3. The number of ether oxygens (including phenoxy) is 2. The summed E-state index contributed by atoms with van der Waals surface area (Å²) < 4.78 is 19.7. The second kappa shape index (κ2) is 6.22. The predicted octanol–water partition coefficient (Wildman–Crippen LogP) is 4.12. The molecule has 4 nitrogen and oxygen atoms in total. The van der Waals surface area contributed by atoms with Gasteiger partial charge in [-0.1, -0.05) is 20.8 Å². The Morgan fingerprint density at radius 2 is 1.87 bits per heavy atom. The van der Waals surface area contributed by atoms with E-state index in [4.69, 9.17) is 13.9 Å². The molecular weight excluding hydrogens is 374 g/mol. The van der Waals surface area contributed by atoms with E-state index in [9.17, 15) is 0 Å². The molecule has 6 heteroatoms. The zero-order valence-corrected chi connectivity index (χ0v) is 17.1. The quantitative estimate of drug-likeness (QED) is 0.716. The van der Waals surface area contributed by atoms with Gasteiger partial charge < -0.3 is 13.9 Å². The molecule has 2 aliphatic rings. The van der Waals surface area contributed by atoms with E-state index < -0.39 is 8.32 Å². The van der Waals surface area contributed by atoms with E-state index >= 15 is 0 Å². The molecule has 0 spiro atoms. The summed E-state index contributed by atoms with van der Waals surface area (Å²) in [6, 6.07) is 4.07. The Bertz CT molecular complexity index is 558. The van der Waals surface area contributed by atoms with Gasteiger partial charge in [0.2, 0.25) is 0 Å². The highest BCUT2D eigenvalue weighted by molar-refractivity contribution is 9.10. The third-order valence-corrected chi connectivity index (χ3v) is 10.4. The van der Waals surface area contributed by atoms with Crippen LogP contribution in [0.3, 0.4) is 0 Å². The lowest BCUT2D eigenvalue weighted by molar-refractivity contribution is 0.0241. The van der Waals surface area contributed by atoms with Gasteiger partial charge in [0, 0.05) is 16.4 Å². The summed E-state index contributed by atoms with van der Waals surface area (Å²) in [6.45, 7) is 12.6. The van der Waals surface area contributed by atoms with Crippen molar-refractivity contribution in [1.29, 1.82) is 0 Å².